The van der Waals surface area contributed by atoms with Crippen LogP contribution in [0.15, 0.2) is 5.16 Å². The van der Waals surface area contributed by atoms with Gasteiger partial charge in [-0.05, 0) is 34.6 Å². The van der Waals surface area contributed by atoms with Gasteiger partial charge in [-0.1, -0.05) is 5.16 Å². The van der Waals surface area contributed by atoms with Crippen molar-refractivity contribution in [1.82, 2.24) is 0 Å². The molecule has 0 rings (SSSR count). The summed E-state index contributed by atoms with van der Waals surface area (Å²) < 4.78 is 9.44. The minimum atomic E-state index is -1.43. The largest absolute Gasteiger partial charge is 0.464 e. The lowest BCUT2D eigenvalue weighted by Crippen LogP contribution is -2.40. The number of nitrogens with zero attached hydrogens (tertiary/aromatic N) is 2. The zero-order valence-electron chi connectivity index (χ0n) is 11.9. The lowest BCUT2D eigenvalue weighted by atomic mass is 10.1. The fraction of sp³-hybridized carbons (Fsp3) is 0.667. The van der Waals surface area contributed by atoms with Crippen molar-refractivity contribution in [1.29, 1.82) is 5.26 Å². The normalized spacial score (nSPS) is 12.4. The van der Waals surface area contributed by atoms with Crippen LogP contribution in [0.3, 0.4) is 0 Å². The van der Waals surface area contributed by atoms with Gasteiger partial charge in [0.2, 0.25) is 5.60 Å². The van der Waals surface area contributed by atoms with Crippen LogP contribution in [0.25, 0.3) is 0 Å². The van der Waals surface area contributed by atoms with E-state index in [1.807, 2.05) is 0 Å². The van der Waals surface area contributed by atoms with Crippen LogP contribution in [0.2, 0.25) is 0 Å². The highest BCUT2D eigenvalue weighted by Gasteiger charge is 2.35. The maximum atomic E-state index is 11.8. The van der Waals surface area contributed by atoms with E-state index in [4.69, 9.17) is 14.8 Å². The molecule has 0 aromatic carbocycles. The van der Waals surface area contributed by atoms with Crippen molar-refractivity contribution in [3.05, 3.63) is 0 Å². The molecule has 0 aliphatic carbocycles. The second kappa shape index (κ2) is 6.18. The number of carbonyl (C=O) groups is 2. The maximum absolute atomic E-state index is 11.8. The second-order valence-electron chi connectivity index (χ2n) is 5.15. The SMILES string of the molecule is COC(=O)/C(C#N)=N\OC(C)(C)C(=O)OC(C)(C)C. The van der Waals surface area contributed by atoms with Crippen LogP contribution in [0.4, 0.5) is 0 Å². The van der Waals surface area contributed by atoms with Crippen LogP contribution in [0, 0.1) is 11.3 Å². The van der Waals surface area contributed by atoms with E-state index in [2.05, 4.69) is 9.89 Å². The molecule has 0 aromatic heterocycles. The lowest BCUT2D eigenvalue weighted by molar-refractivity contribution is -0.179. The van der Waals surface area contributed by atoms with Gasteiger partial charge < -0.3 is 14.3 Å². The summed E-state index contributed by atoms with van der Waals surface area (Å²) in [4.78, 5) is 27.8. The van der Waals surface area contributed by atoms with Gasteiger partial charge in [0, 0.05) is 0 Å². The van der Waals surface area contributed by atoms with Crippen molar-refractivity contribution >= 4 is 17.7 Å². The summed E-state index contributed by atoms with van der Waals surface area (Å²) in [6, 6.07) is 1.51. The Kier molecular flexibility index (Phi) is 5.50. The highest BCUT2D eigenvalue weighted by atomic mass is 16.7. The quantitative estimate of drug-likeness (QED) is 0.432. The van der Waals surface area contributed by atoms with Crippen LogP contribution in [0.5, 0.6) is 0 Å². The molecule has 106 valence electrons. The first-order valence-electron chi connectivity index (χ1n) is 5.51. The van der Waals surface area contributed by atoms with E-state index >= 15 is 0 Å². The Hall–Kier alpha value is -2.10. The van der Waals surface area contributed by atoms with Gasteiger partial charge in [-0.25, -0.2) is 9.59 Å². The van der Waals surface area contributed by atoms with Gasteiger partial charge in [-0.2, -0.15) is 5.26 Å². The molecular formula is C12H18N2O5. The molecular weight excluding hydrogens is 252 g/mol. The zero-order valence-corrected chi connectivity index (χ0v) is 11.9. The summed E-state index contributed by atoms with van der Waals surface area (Å²) in [5.74, 6) is -1.60. The number of carbonyl (C=O) groups excluding carboxylic acids is 2. The van der Waals surface area contributed by atoms with Crippen LogP contribution >= 0.6 is 0 Å². The third-order valence-electron chi connectivity index (χ3n) is 1.74. The van der Waals surface area contributed by atoms with Crippen LogP contribution in [0.1, 0.15) is 34.6 Å². The van der Waals surface area contributed by atoms with Gasteiger partial charge in [-0.15, -0.1) is 0 Å². The van der Waals surface area contributed by atoms with E-state index in [-0.39, 0.29) is 0 Å². The minimum Gasteiger partial charge on any atom is -0.464 e. The molecule has 0 aliphatic heterocycles. The number of nitriles is 1. The Morgan fingerprint density at radius 3 is 2.05 bits per heavy atom. The summed E-state index contributed by atoms with van der Waals surface area (Å²) in [6.07, 6.45) is 0. The Bertz CT molecular complexity index is 426. The summed E-state index contributed by atoms with van der Waals surface area (Å²) in [5.41, 5.74) is -2.69. The average molecular weight is 270 g/mol. The van der Waals surface area contributed by atoms with Gasteiger partial charge in [0.05, 0.1) is 7.11 Å². The summed E-state index contributed by atoms with van der Waals surface area (Å²) in [7, 11) is 1.11. The molecule has 0 saturated carbocycles. The third-order valence-corrected chi connectivity index (χ3v) is 1.74. The molecule has 0 atom stereocenters. The topological polar surface area (TPSA) is 98.0 Å². The van der Waals surface area contributed by atoms with E-state index < -0.39 is 28.9 Å². The Morgan fingerprint density at radius 2 is 1.68 bits per heavy atom. The monoisotopic (exact) mass is 270 g/mol. The van der Waals surface area contributed by atoms with Crippen molar-refractivity contribution in [2.75, 3.05) is 7.11 Å². The molecule has 0 aromatic rings. The first-order valence-corrected chi connectivity index (χ1v) is 5.51. The minimum absolute atomic E-state index is 0.584. The molecule has 0 N–H and O–H groups in total. The van der Waals surface area contributed by atoms with Gasteiger partial charge >= 0.3 is 11.9 Å². The van der Waals surface area contributed by atoms with E-state index in [0.29, 0.717) is 0 Å². The summed E-state index contributed by atoms with van der Waals surface area (Å²) in [5, 5.41) is 12.0. The van der Waals surface area contributed by atoms with Crippen molar-refractivity contribution in [2.45, 2.75) is 45.8 Å². The maximum Gasteiger partial charge on any atom is 0.371 e. The number of hydrogen-bond acceptors (Lipinski definition) is 7. The summed E-state index contributed by atoms with van der Waals surface area (Å²) >= 11 is 0. The van der Waals surface area contributed by atoms with E-state index in [0.717, 1.165) is 7.11 Å². The number of ether oxygens (including phenoxy) is 2. The predicted molar refractivity (Wildman–Crippen MR) is 66.1 cm³/mol. The Balaban J connectivity index is 4.87. The first-order chi connectivity index (χ1) is 8.53. The van der Waals surface area contributed by atoms with E-state index in [9.17, 15) is 9.59 Å². The highest BCUT2D eigenvalue weighted by molar-refractivity contribution is 6.42. The molecule has 7 heteroatoms. The lowest BCUT2D eigenvalue weighted by Gasteiger charge is -2.26. The molecule has 0 amide bonds. The molecule has 0 spiro atoms. The van der Waals surface area contributed by atoms with Gasteiger partial charge in [-0.3, -0.25) is 0 Å². The second-order valence-corrected chi connectivity index (χ2v) is 5.15. The number of methoxy groups -OCH3 is 1. The predicted octanol–water partition coefficient (Wildman–Crippen LogP) is 1.18. The van der Waals surface area contributed by atoms with Crippen molar-refractivity contribution in [3.63, 3.8) is 0 Å². The average Bonchev–Trinajstić information content (AvgIpc) is 2.26. The van der Waals surface area contributed by atoms with Crippen LogP contribution in [-0.2, 0) is 23.9 Å². The molecule has 19 heavy (non-hydrogen) atoms. The fourth-order valence-electron chi connectivity index (χ4n) is 0.798. The molecule has 0 heterocycles. The molecule has 0 fully saturated rings. The number of rotatable bonds is 4. The third kappa shape index (κ3) is 5.86. The smallest absolute Gasteiger partial charge is 0.371 e. The highest BCUT2D eigenvalue weighted by Crippen LogP contribution is 2.17. The molecule has 7 nitrogen and oxygen atoms in total. The molecule has 0 aliphatic rings. The molecule has 0 unspecified atom stereocenters. The molecule has 0 saturated heterocycles. The fourth-order valence-corrected chi connectivity index (χ4v) is 0.798. The van der Waals surface area contributed by atoms with Gasteiger partial charge in [0.1, 0.15) is 11.7 Å². The van der Waals surface area contributed by atoms with E-state index in [1.54, 1.807) is 20.8 Å². The van der Waals surface area contributed by atoms with Crippen molar-refractivity contribution in [2.24, 2.45) is 5.16 Å². The number of oxime groups is 1. The van der Waals surface area contributed by atoms with Crippen molar-refractivity contribution in [3.8, 4) is 6.07 Å². The number of esters is 2. The van der Waals surface area contributed by atoms with Gasteiger partial charge in [0.15, 0.2) is 0 Å². The van der Waals surface area contributed by atoms with Crippen molar-refractivity contribution < 1.29 is 23.9 Å². The zero-order chi connectivity index (χ0) is 15.3. The number of hydrogen-bond donors (Lipinski definition) is 0. The van der Waals surface area contributed by atoms with Gasteiger partial charge in [0.25, 0.3) is 5.71 Å². The van der Waals surface area contributed by atoms with Crippen LogP contribution in [-0.4, -0.2) is 36.0 Å². The standard InChI is InChI=1S/C12H18N2O5/c1-11(2,3)18-10(16)12(4,5)19-14-8(7-13)9(15)17-6/h1-6H3/b14-8-. The Labute approximate surface area is 112 Å². The van der Waals surface area contributed by atoms with E-state index in [1.165, 1.54) is 19.9 Å². The molecule has 0 radical (unpaired) electrons. The summed E-state index contributed by atoms with van der Waals surface area (Å²) in [6.45, 7) is 7.95. The Morgan fingerprint density at radius 1 is 1.16 bits per heavy atom. The molecule has 0 bridgehead atoms. The van der Waals surface area contributed by atoms with Crippen LogP contribution < -0.4 is 0 Å². The first kappa shape index (κ1) is 16.9.